The third-order valence-corrected chi connectivity index (χ3v) is 3.72. The van der Waals surface area contributed by atoms with Gasteiger partial charge in [-0.25, -0.2) is 0 Å². The Morgan fingerprint density at radius 2 is 2.11 bits per heavy atom. The molecule has 2 unspecified atom stereocenters. The molecule has 1 aliphatic rings. The number of nitrogens with zero attached hydrogens (tertiary/aromatic N) is 1. The lowest BCUT2D eigenvalue weighted by Crippen LogP contribution is -2.60. The molecule has 0 saturated carbocycles. The first-order valence-electron chi connectivity index (χ1n) is 7.17. The first-order valence-corrected chi connectivity index (χ1v) is 7.17. The predicted octanol–water partition coefficient (Wildman–Crippen LogP) is 1.18. The van der Waals surface area contributed by atoms with E-state index in [-0.39, 0.29) is 30.3 Å². The second kappa shape index (κ2) is 8.15. The Kier molecular flexibility index (Phi) is 6.84. The lowest BCUT2D eigenvalue weighted by atomic mass is 9.96. The van der Waals surface area contributed by atoms with E-state index >= 15 is 0 Å². The highest BCUT2D eigenvalue weighted by atomic mass is 16.5. The number of amides is 2. The Labute approximate surface area is 115 Å². The third-order valence-electron chi connectivity index (χ3n) is 3.72. The first-order chi connectivity index (χ1) is 9.10. The van der Waals surface area contributed by atoms with Gasteiger partial charge in [0.25, 0.3) is 0 Å². The van der Waals surface area contributed by atoms with Gasteiger partial charge in [-0.1, -0.05) is 20.3 Å². The van der Waals surface area contributed by atoms with Crippen LogP contribution in [-0.4, -0.2) is 49.6 Å². The van der Waals surface area contributed by atoms with Crippen LogP contribution in [0.5, 0.6) is 0 Å². The predicted molar refractivity (Wildman–Crippen MR) is 73.7 cm³/mol. The Morgan fingerprint density at radius 3 is 2.74 bits per heavy atom. The van der Waals surface area contributed by atoms with Crippen LogP contribution in [0.2, 0.25) is 0 Å². The van der Waals surface area contributed by atoms with Crippen molar-refractivity contribution >= 4 is 11.8 Å². The van der Waals surface area contributed by atoms with Gasteiger partial charge in [0.05, 0.1) is 6.54 Å². The van der Waals surface area contributed by atoms with Crippen LogP contribution in [0.4, 0.5) is 0 Å². The first kappa shape index (κ1) is 16.0. The molecule has 2 atom stereocenters. The normalized spacial score (nSPS) is 21.4. The molecule has 2 amide bonds. The van der Waals surface area contributed by atoms with Crippen molar-refractivity contribution in [2.75, 3.05) is 26.8 Å². The number of piperazine rings is 1. The molecule has 1 aliphatic heterocycles. The van der Waals surface area contributed by atoms with E-state index in [0.29, 0.717) is 6.54 Å². The monoisotopic (exact) mass is 270 g/mol. The molecule has 0 aromatic rings. The minimum atomic E-state index is -0.342. The zero-order valence-corrected chi connectivity index (χ0v) is 12.3. The minimum Gasteiger partial charge on any atom is -0.385 e. The number of rotatable bonds is 8. The molecule has 0 aliphatic carbocycles. The zero-order chi connectivity index (χ0) is 14.3. The molecule has 0 aromatic heterocycles. The smallest absolute Gasteiger partial charge is 0.245 e. The molecule has 0 spiro atoms. The second-order valence-corrected chi connectivity index (χ2v) is 5.24. The van der Waals surface area contributed by atoms with Gasteiger partial charge in [0.1, 0.15) is 6.04 Å². The SMILES string of the molecule is CCC(C)C1NC(=O)CN(CCCCCOC)C1=O. The summed E-state index contributed by atoms with van der Waals surface area (Å²) < 4.78 is 4.99. The standard InChI is InChI=1S/C14H26N2O3/c1-4-11(2)13-14(18)16(10-12(17)15-13)8-6-5-7-9-19-3/h11,13H,4-10H2,1-3H3,(H,15,17). The van der Waals surface area contributed by atoms with Gasteiger partial charge in [-0.05, 0) is 25.2 Å². The number of carbonyl (C=O) groups is 2. The van der Waals surface area contributed by atoms with Gasteiger partial charge >= 0.3 is 0 Å². The average molecular weight is 270 g/mol. The van der Waals surface area contributed by atoms with Crippen LogP contribution in [0.25, 0.3) is 0 Å². The maximum Gasteiger partial charge on any atom is 0.245 e. The summed E-state index contributed by atoms with van der Waals surface area (Å²) >= 11 is 0. The topological polar surface area (TPSA) is 58.6 Å². The summed E-state index contributed by atoms with van der Waals surface area (Å²) in [6, 6.07) is -0.342. The number of carbonyl (C=O) groups excluding carboxylic acids is 2. The maximum atomic E-state index is 12.3. The van der Waals surface area contributed by atoms with Crippen molar-refractivity contribution < 1.29 is 14.3 Å². The molecule has 19 heavy (non-hydrogen) atoms. The van der Waals surface area contributed by atoms with E-state index in [0.717, 1.165) is 32.3 Å². The number of nitrogens with one attached hydrogen (secondary N) is 1. The molecule has 5 heteroatoms. The van der Waals surface area contributed by atoms with Gasteiger partial charge in [-0.3, -0.25) is 9.59 Å². The van der Waals surface area contributed by atoms with Crippen LogP contribution in [0, 0.1) is 5.92 Å². The molecule has 1 heterocycles. The van der Waals surface area contributed by atoms with Gasteiger partial charge in [0, 0.05) is 20.3 Å². The Hall–Kier alpha value is -1.10. The van der Waals surface area contributed by atoms with Crippen molar-refractivity contribution in [2.45, 2.75) is 45.6 Å². The number of unbranched alkanes of at least 4 members (excludes halogenated alkanes) is 2. The van der Waals surface area contributed by atoms with Crippen molar-refractivity contribution in [3.8, 4) is 0 Å². The van der Waals surface area contributed by atoms with Crippen molar-refractivity contribution in [2.24, 2.45) is 5.92 Å². The fourth-order valence-corrected chi connectivity index (χ4v) is 2.27. The molecule has 1 fully saturated rings. The fourth-order valence-electron chi connectivity index (χ4n) is 2.27. The summed E-state index contributed by atoms with van der Waals surface area (Å²) in [6.45, 7) is 5.67. The van der Waals surface area contributed by atoms with Crippen LogP contribution >= 0.6 is 0 Å². The van der Waals surface area contributed by atoms with Crippen molar-refractivity contribution in [3.63, 3.8) is 0 Å². The molecule has 0 aromatic carbocycles. The highest BCUT2D eigenvalue weighted by Gasteiger charge is 2.34. The van der Waals surface area contributed by atoms with Crippen molar-refractivity contribution in [1.82, 2.24) is 10.2 Å². The van der Waals surface area contributed by atoms with Crippen LogP contribution in [0.1, 0.15) is 39.5 Å². The molecule has 0 bridgehead atoms. The van der Waals surface area contributed by atoms with Crippen LogP contribution in [0.15, 0.2) is 0 Å². The number of hydrogen-bond donors (Lipinski definition) is 1. The summed E-state index contributed by atoms with van der Waals surface area (Å²) in [7, 11) is 1.69. The highest BCUT2D eigenvalue weighted by molar-refractivity contribution is 5.94. The summed E-state index contributed by atoms with van der Waals surface area (Å²) in [5, 5.41) is 2.81. The average Bonchev–Trinajstić information content (AvgIpc) is 2.41. The largest absolute Gasteiger partial charge is 0.385 e. The Bertz CT molecular complexity index is 307. The van der Waals surface area contributed by atoms with E-state index in [4.69, 9.17) is 4.74 Å². The lowest BCUT2D eigenvalue weighted by Gasteiger charge is -2.35. The molecule has 0 radical (unpaired) electrons. The summed E-state index contributed by atoms with van der Waals surface area (Å²) in [5.74, 6) is 0.218. The molecule has 1 N–H and O–H groups in total. The molecule has 110 valence electrons. The minimum absolute atomic E-state index is 0.0400. The number of ether oxygens (including phenoxy) is 1. The number of hydrogen-bond acceptors (Lipinski definition) is 3. The van der Waals surface area contributed by atoms with Crippen LogP contribution < -0.4 is 5.32 Å². The third kappa shape index (κ3) is 4.82. The summed E-state index contributed by atoms with van der Waals surface area (Å²) in [6.07, 6.45) is 3.83. The maximum absolute atomic E-state index is 12.3. The quantitative estimate of drug-likeness (QED) is 0.674. The van der Waals surface area contributed by atoms with E-state index in [2.05, 4.69) is 5.32 Å². The van der Waals surface area contributed by atoms with Gasteiger partial charge in [0.15, 0.2) is 0 Å². The summed E-state index contributed by atoms with van der Waals surface area (Å²) in [5.41, 5.74) is 0. The molecule has 5 nitrogen and oxygen atoms in total. The van der Waals surface area contributed by atoms with Gasteiger partial charge in [0.2, 0.25) is 11.8 Å². The molecule has 1 rings (SSSR count). The van der Waals surface area contributed by atoms with E-state index in [1.165, 1.54) is 0 Å². The van der Waals surface area contributed by atoms with Gasteiger partial charge in [-0.2, -0.15) is 0 Å². The van der Waals surface area contributed by atoms with Crippen molar-refractivity contribution in [3.05, 3.63) is 0 Å². The van der Waals surface area contributed by atoms with Crippen LogP contribution in [0.3, 0.4) is 0 Å². The molecular formula is C14H26N2O3. The Balaban J connectivity index is 2.43. The molecule has 1 saturated heterocycles. The number of methoxy groups -OCH3 is 1. The van der Waals surface area contributed by atoms with E-state index in [1.54, 1.807) is 12.0 Å². The van der Waals surface area contributed by atoms with E-state index < -0.39 is 0 Å². The molecular weight excluding hydrogens is 244 g/mol. The van der Waals surface area contributed by atoms with E-state index in [9.17, 15) is 9.59 Å². The van der Waals surface area contributed by atoms with Gasteiger partial charge < -0.3 is 15.0 Å². The summed E-state index contributed by atoms with van der Waals surface area (Å²) in [4.78, 5) is 25.6. The lowest BCUT2D eigenvalue weighted by molar-refractivity contribution is -0.145. The highest BCUT2D eigenvalue weighted by Crippen LogP contribution is 2.15. The van der Waals surface area contributed by atoms with Crippen LogP contribution in [-0.2, 0) is 14.3 Å². The second-order valence-electron chi connectivity index (χ2n) is 5.24. The fraction of sp³-hybridized carbons (Fsp3) is 0.857. The van der Waals surface area contributed by atoms with E-state index in [1.807, 2.05) is 13.8 Å². The van der Waals surface area contributed by atoms with Gasteiger partial charge in [-0.15, -0.1) is 0 Å². The van der Waals surface area contributed by atoms with Crippen molar-refractivity contribution in [1.29, 1.82) is 0 Å². The zero-order valence-electron chi connectivity index (χ0n) is 12.3. The Morgan fingerprint density at radius 1 is 1.37 bits per heavy atom.